The molecule has 0 saturated carbocycles. The minimum Gasteiger partial charge on any atom is -0.341 e. The molecule has 9 heteroatoms. The van der Waals surface area contributed by atoms with Crippen LogP contribution in [0.2, 0.25) is 5.02 Å². The van der Waals surface area contributed by atoms with Gasteiger partial charge in [-0.2, -0.15) is 20.1 Å². The van der Waals surface area contributed by atoms with E-state index in [1.54, 1.807) is 24.4 Å². The molecule has 0 radical (unpaired) electrons. The summed E-state index contributed by atoms with van der Waals surface area (Å²) >= 11 is 6.16. The Labute approximate surface area is 179 Å². The maximum absolute atomic E-state index is 13.2. The molecule has 0 spiro atoms. The van der Waals surface area contributed by atoms with Crippen molar-refractivity contribution in [3.05, 3.63) is 64.9 Å². The summed E-state index contributed by atoms with van der Waals surface area (Å²) in [7, 11) is 0. The maximum atomic E-state index is 13.2. The highest BCUT2D eigenvalue weighted by atomic mass is 35.5. The Kier molecular flexibility index (Phi) is 6.34. The van der Waals surface area contributed by atoms with Crippen LogP contribution in [0.3, 0.4) is 0 Å². The molecule has 30 heavy (non-hydrogen) atoms. The van der Waals surface area contributed by atoms with Gasteiger partial charge < -0.3 is 10.2 Å². The Morgan fingerprint density at radius 1 is 0.933 bits per heavy atom. The van der Waals surface area contributed by atoms with Crippen LogP contribution in [0.15, 0.2) is 53.6 Å². The second-order valence-corrected chi connectivity index (χ2v) is 7.26. The van der Waals surface area contributed by atoms with E-state index in [-0.39, 0.29) is 5.82 Å². The normalized spacial score (nSPS) is 14.1. The first-order chi connectivity index (χ1) is 14.7. The number of benzene rings is 2. The van der Waals surface area contributed by atoms with Crippen molar-refractivity contribution in [3.8, 4) is 0 Å². The van der Waals surface area contributed by atoms with E-state index in [0.29, 0.717) is 28.6 Å². The van der Waals surface area contributed by atoms with Gasteiger partial charge in [0.05, 0.1) is 6.21 Å². The lowest BCUT2D eigenvalue weighted by Crippen LogP contribution is -2.31. The molecule has 1 aliphatic rings. The Bertz CT molecular complexity index is 1020. The van der Waals surface area contributed by atoms with Crippen LogP contribution < -0.4 is 15.6 Å². The number of anilines is 4. The van der Waals surface area contributed by atoms with Gasteiger partial charge in [0.25, 0.3) is 0 Å². The highest BCUT2D eigenvalue weighted by Gasteiger charge is 2.16. The van der Waals surface area contributed by atoms with Crippen molar-refractivity contribution in [1.29, 1.82) is 0 Å². The Morgan fingerprint density at radius 3 is 2.43 bits per heavy atom. The molecule has 0 bridgehead atoms. The minimum absolute atomic E-state index is 0.304. The number of hydrogen-bond acceptors (Lipinski definition) is 7. The molecule has 0 amide bonds. The molecule has 154 valence electrons. The summed E-state index contributed by atoms with van der Waals surface area (Å²) in [6.45, 7) is 1.78. The second kappa shape index (κ2) is 9.49. The molecule has 2 heterocycles. The zero-order valence-electron chi connectivity index (χ0n) is 16.2. The van der Waals surface area contributed by atoms with E-state index in [1.165, 1.54) is 18.6 Å². The summed E-state index contributed by atoms with van der Waals surface area (Å²) in [4.78, 5) is 15.6. The summed E-state index contributed by atoms with van der Waals surface area (Å²) in [6.07, 6.45) is 5.01. The molecule has 0 aliphatic carbocycles. The van der Waals surface area contributed by atoms with Crippen LogP contribution in [0, 0.1) is 5.82 Å². The van der Waals surface area contributed by atoms with Crippen LogP contribution >= 0.6 is 11.6 Å². The maximum Gasteiger partial charge on any atom is 0.250 e. The zero-order valence-corrected chi connectivity index (χ0v) is 17.0. The molecule has 1 saturated heterocycles. The van der Waals surface area contributed by atoms with Gasteiger partial charge in [0, 0.05) is 29.4 Å². The van der Waals surface area contributed by atoms with Crippen LogP contribution in [0.1, 0.15) is 24.8 Å². The Balaban J connectivity index is 1.57. The predicted octanol–water partition coefficient (Wildman–Crippen LogP) is 4.84. The summed E-state index contributed by atoms with van der Waals surface area (Å²) < 4.78 is 13.2. The number of nitrogens with one attached hydrogen (secondary N) is 2. The third-order valence-corrected chi connectivity index (χ3v) is 4.98. The van der Waals surface area contributed by atoms with Crippen molar-refractivity contribution < 1.29 is 4.39 Å². The molecule has 2 N–H and O–H groups in total. The average molecular weight is 426 g/mol. The Morgan fingerprint density at radius 2 is 1.67 bits per heavy atom. The van der Waals surface area contributed by atoms with E-state index in [0.717, 1.165) is 31.5 Å². The standard InChI is InChI=1S/C21H21ClFN7/c22-18-7-3-2-6-15(18)14-24-29-20-26-19(25-17-10-8-16(23)9-11-17)27-21(28-20)30-12-4-1-5-13-30/h2-3,6-11,14H,1,4-5,12-13H2,(H2,25,26,27,28,29). The first-order valence-corrected chi connectivity index (χ1v) is 10.1. The number of hydrazone groups is 1. The lowest BCUT2D eigenvalue weighted by atomic mass is 10.1. The van der Waals surface area contributed by atoms with Crippen molar-refractivity contribution in [3.63, 3.8) is 0 Å². The summed E-state index contributed by atoms with van der Waals surface area (Å²) in [5, 5.41) is 7.91. The fourth-order valence-electron chi connectivity index (χ4n) is 3.11. The molecule has 1 aliphatic heterocycles. The molecule has 1 fully saturated rings. The van der Waals surface area contributed by atoms with E-state index < -0.39 is 0 Å². The summed E-state index contributed by atoms with van der Waals surface area (Å²) in [6, 6.07) is 13.4. The molecular weight excluding hydrogens is 405 g/mol. The van der Waals surface area contributed by atoms with Gasteiger partial charge in [0.1, 0.15) is 5.82 Å². The fourth-order valence-corrected chi connectivity index (χ4v) is 3.29. The topological polar surface area (TPSA) is 78.3 Å². The first kappa shape index (κ1) is 20.0. The Hall–Kier alpha value is -3.26. The van der Waals surface area contributed by atoms with E-state index >= 15 is 0 Å². The molecule has 1 aromatic heterocycles. The number of hydrogen-bond donors (Lipinski definition) is 2. The van der Waals surface area contributed by atoms with Crippen LogP contribution in [-0.2, 0) is 0 Å². The van der Waals surface area contributed by atoms with Crippen molar-refractivity contribution in [2.75, 3.05) is 28.7 Å². The van der Waals surface area contributed by atoms with E-state index in [4.69, 9.17) is 11.6 Å². The lowest BCUT2D eigenvalue weighted by molar-refractivity contribution is 0.568. The predicted molar refractivity (Wildman–Crippen MR) is 118 cm³/mol. The SMILES string of the molecule is Fc1ccc(Nc2nc(NN=Cc3ccccc3Cl)nc(N3CCCCC3)n2)cc1. The van der Waals surface area contributed by atoms with Crippen molar-refractivity contribution >= 4 is 41.3 Å². The number of piperidine rings is 1. The largest absolute Gasteiger partial charge is 0.341 e. The van der Waals surface area contributed by atoms with E-state index in [9.17, 15) is 4.39 Å². The van der Waals surface area contributed by atoms with Crippen molar-refractivity contribution in [1.82, 2.24) is 15.0 Å². The molecule has 4 rings (SSSR count). The number of halogens is 2. The van der Waals surface area contributed by atoms with Gasteiger partial charge in [-0.15, -0.1) is 0 Å². The van der Waals surface area contributed by atoms with Gasteiger partial charge in [-0.3, -0.25) is 0 Å². The first-order valence-electron chi connectivity index (χ1n) is 9.74. The molecule has 3 aromatic rings. The van der Waals surface area contributed by atoms with Gasteiger partial charge in [-0.1, -0.05) is 29.8 Å². The van der Waals surface area contributed by atoms with Gasteiger partial charge in [0.15, 0.2) is 0 Å². The third kappa shape index (κ3) is 5.21. The number of aromatic nitrogens is 3. The van der Waals surface area contributed by atoms with Crippen LogP contribution in [0.5, 0.6) is 0 Å². The van der Waals surface area contributed by atoms with Gasteiger partial charge in [-0.25, -0.2) is 9.82 Å². The highest BCUT2D eigenvalue weighted by Crippen LogP contribution is 2.21. The lowest BCUT2D eigenvalue weighted by Gasteiger charge is -2.26. The van der Waals surface area contributed by atoms with Gasteiger partial charge in [-0.05, 0) is 49.6 Å². The van der Waals surface area contributed by atoms with E-state index in [1.807, 2.05) is 18.2 Å². The fraction of sp³-hybridized carbons (Fsp3) is 0.238. The van der Waals surface area contributed by atoms with E-state index in [2.05, 4.69) is 35.7 Å². The number of nitrogens with zero attached hydrogens (tertiary/aromatic N) is 5. The summed E-state index contributed by atoms with van der Waals surface area (Å²) in [5.41, 5.74) is 4.31. The van der Waals surface area contributed by atoms with Crippen LogP contribution in [0.25, 0.3) is 0 Å². The average Bonchev–Trinajstić information content (AvgIpc) is 2.77. The quantitative estimate of drug-likeness (QED) is 0.434. The highest BCUT2D eigenvalue weighted by molar-refractivity contribution is 6.33. The monoisotopic (exact) mass is 425 g/mol. The smallest absolute Gasteiger partial charge is 0.250 e. The third-order valence-electron chi connectivity index (χ3n) is 4.64. The molecule has 0 unspecified atom stereocenters. The van der Waals surface area contributed by atoms with Gasteiger partial charge in [0.2, 0.25) is 17.8 Å². The van der Waals surface area contributed by atoms with Crippen LogP contribution in [0.4, 0.5) is 27.9 Å². The van der Waals surface area contributed by atoms with Gasteiger partial charge >= 0.3 is 0 Å². The van der Waals surface area contributed by atoms with Crippen molar-refractivity contribution in [2.24, 2.45) is 5.10 Å². The van der Waals surface area contributed by atoms with Crippen LogP contribution in [-0.4, -0.2) is 34.3 Å². The molecule has 0 atom stereocenters. The molecular formula is C21H21ClFN7. The second-order valence-electron chi connectivity index (χ2n) is 6.85. The molecule has 2 aromatic carbocycles. The minimum atomic E-state index is -0.304. The number of rotatable bonds is 6. The van der Waals surface area contributed by atoms with Crippen molar-refractivity contribution in [2.45, 2.75) is 19.3 Å². The summed E-state index contributed by atoms with van der Waals surface area (Å²) in [5.74, 6) is 0.928. The molecule has 7 nitrogen and oxygen atoms in total. The zero-order chi connectivity index (χ0) is 20.8.